The van der Waals surface area contributed by atoms with E-state index < -0.39 is 8.32 Å². The first kappa shape index (κ1) is 22.8. The van der Waals surface area contributed by atoms with Gasteiger partial charge in [0.15, 0.2) is 14.6 Å². The zero-order chi connectivity index (χ0) is 19.1. The van der Waals surface area contributed by atoms with Crippen LogP contribution < -0.4 is 0 Å². The highest BCUT2D eigenvalue weighted by molar-refractivity contribution is 9.11. The first-order valence-corrected chi connectivity index (χ1v) is 12.4. The van der Waals surface area contributed by atoms with E-state index in [4.69, 9.17) is 18.6 Å². The number of ether oxygens (including phenoxy) is 3. The molecule has 6 heteroatoms. The predicted octanol–water partition coefficient (Wildman–Crippen LogP) is 5.18. The Labute approximate surface area is 162 Å². The van der Waals surface area contributed by atoms with Gasteiger partial charge in [0.1, 0.15) is 12.2 Å². The molecule has 1 rings (SSSR count). The van der Waals surface area contributed by atoms with E-state index in [0.29, 0.717) is 19.8 Å². The van der Waals surface area contributed by atoms with Gasteiger partial charge in [-0.05, 0) is 31.1 Å². The lowest BCUT2D eigenvalue weighted by molar-refractivity contribution is -0.180. The molecule has 0 radical (unpaired) electrons. The summed E-state index contributed by atoms with van der Waals surface area (Å²) < 4.78 is 24.8. The van der Waals surface area contributed by atoms with E-state index in [-0.39, 0.29) is 23.5 Å². The van der Waals surface area contributed by atoms with Crippen molar-refractivity contribution < 1.29 is 18.6 Å². The SMILES string of the molecule is C=C(Br)CO[C@H]1C=C[C@@H](OC/C=C/C)O[C@@H]1CO[Si](C)(C)C(C)(C)C. The van der Waals surface area contributed by atoms with Gasteiger partial charge < -0.3 is 18.6 Å². The van der Waals surface area contributed by atoms with E-state index in [1.807, 2.05) is 31.2 Å². The minimum absolute atomic E-state index is 0.153. The highest BCUT2D eigenvalue weighted by Crippen LogP contribution is 2.37. The Bertz CT molecular complexity index is 482. The van der Waals surface area contributed by atoms with Crippen molar-refractivity contribution in [2.75, 3.05) is 19.8 Å². The van der Waals surface area contributed by atoms with E-state index >= 15 is 0 Å². The smallest absolute Gasteiger partial charge is 0.192 e. The molecule has 1 heterocycles. The van der Waals surface area contributed by atoms with E-state index in [1.165, 1.54) is 0 Å². The fraction of sp³-hybridized carbons (Fsp3) is 0.684. The lowest BCUT2D eigenvalue weighted by atomic mass is 10.1. The Hall–Kier alpha value is -0.243. The third-order valence-corrected chi connectivity index (χ3v) is 9.30. The summed E-state index contributed by atoms with van der Waals surface area (Å²) in [6.45, 7) is 18.4. The summed E-state index contributed by atoms with van der Waals surface area (Å²) in [5.74, 6) is 0. The zero-order valence-corrected chi connectivity index (χ0v) is 19.0. The Balaban J connectivity index is 2.73. The van der Waals surface area contributed by atoms with Gasteiger partial charge in [0, 0.05) is 4.48 Å². The zero-order valence-electron chi connectivity index (χ0n) is 16.4. The highest BCUT2D eigenvalue weighted by Gasteiger charge is 2.39. The lowest BCUT2D eigenvalue weighted by Crippen LogP contribution is -2.47. The number of hydrogen-bond acceptors (Lipinski definition) is 4. The Morgan fingerprint density at radius 3 is 2.52 bits per heavy atom. The molecule has 0 aromatic heterocycles. The van der Waals surface area contributed by atoms with Gasteiger partial charge in [-0.25, -0.2) is 0 Å². The number of halogens is 1. The molecule has 0 saturated heterocycles. The molecule has 0 bridgehead atoms. The lowest BCUT2D eigenvalue weighted by Gasteiger charge is -2.39. The second-order valence-corrected chi connectivity index (χ2v) is 13.6. The Kier molecular flexibility index (Phi) is 9.29. The topological polar surface area (TPSA) is 36.9 Å². The Morgan fingerprint density at radius 1 is 1.28 bits per heavy atom. The second-order valence-electron chi connectivity index (χ2n) is 7.69. The van der Waals surface area contributed by atoms with Crippen molar-refractivity contribution in [3.8, 4) is 0 Å². The summed E-state index contributed by atoms with van der Waals surface area (Å²) >= 11 is 3.33. The van der Waals surface area contributed by atoms with Crippen molar-refractivity contribution in [1.82, 2.24) is 0 Å². The molecule has 0 saturated carbocycles. The number of allylic oxidation sites excluding steroid dienone is 1. The molecule has 0 spiro atoms. The second kappa shape index (κ2) is 10.2. The van der Waals surface area contributed by atoms with E-state index in [9.17, 15) is 0 Å². The molecular formula is C19H33BrO4Si. The molecule has 0 aromatic rings. The molecule has 0 amide bonds. The monoisotopic (exact) mass is 432 g/mol. The van der Waals surface area contributed by atoms with Gasteiger partial charge in [0.25, 0.3) is 0 Å². The van der Waals surface area contributed by atoms with Crippen LogP contribution in [0.2, 0.25) is 18.1 Å². The van der Waals surface area contributed by atoms with Crippen molar-refractivity contribution >= 4 is 24.2 Å². The van der Waals surface area contributed by atoms with Gasteiger partial charge in [0.2, 0.25) is 0 Å². The fourth-order valence-electron chi connectivity index (χ4n) is 1.95. The summed E-state index contributed by atoms with van der Waals surface area (Å²) in [6, 6.07) is 0. The maximum Gasteiger partial charge on any atom is 0.192 e. The van der Waals surface area contributed by atoms with Crippen LogP contribution in [0.15, 0.2) is 35.4 Å². The standard InChI is InChI=1S/C19H33BrO4Si/c1-8-9-12-21-18-11-10-16(22-13-15(2)20)17(24-18)14-23-25(6,7)19(3,4)5/h8-11,16-18H,2,12-14H2,1,3-7H3/b9-8+/t16-,17+,18-/m0/s1. The molecule has 25 heavy (non-hydrogen) atoms. The van der Waals surface area contributed by atoms with Crippen LogP contribution in [0.4, 0.5) is 0 Å². The van der Waals surface area contributed by atoms with Gasteiger partial charge in [-0.15, -0.1) is 0 Å². The maximum absolute atomic E-state index is 6.34. The summed E-state index contributed by atoms with van der Waals surface area (Å²) in [5.41, 5.74) is 0. The van der Waals surface area contributed by atoms with Gasteiger partial charge in [-0.1, -0.05) is 61.5 Å². The molecule has 0 aliphatic carbocycles. The van der Waals surface area contributed by atoms with Gasteiger partial charge >= 0.3 is 0 Å². The quantitative estimate of drug-likeness (QED) is 0.371. The van der Waals surface area contributed by atoms with Crippen molar-refractivity contribution in [3.05, 3.63) is 35.4 Å². The van der Waals surface area contributed by atoms with Crippen LogP contribution in [0.3, 0.4) is 0 Å². The van der Waals surface area contributed by atoms with Gasteiger partial charge in [0.05, 0.1) is 19.8 Å². The van der Waals surface area contributed by atoms with Crippen LogP contribution in [-0.2, 0) is 18.6 Å². The molecule has 0 N–H and O–H groups in total. The van der Waals surface area contributed by atoms with Crippen molar-refractivity contribution in [1.29, 1.82) is 0 Å². The molecule has 0 aromatic carbocycles. The maximum atomic E-state index is 6.34. The third kappa shape index (κ3) is 7.89. The van der Waals surface area contributed by atoms with Crippen LogP contribution in [0.5, 0.6) is 0 Å². The summed E-state index contributed by atoms with van der Waals surface area (Å²) in [5, 5.41) is 0.153. The molecule has 0 fully saturated rings. The largest absolute Gasteiger partial charge is 0.414 e. The van der Waals surface area contributed by atoms with E-state index in [0.717, 1.165) is 4.48 Å². The molecule has 4 nitrogen and oxygen atoms in total. The van der Waals surface area contributed by atoms with Gasteiger partial charge in [-0.3, -0.25) is 0 Å². The molecular weight excluding hydrogens is 400 g/mol. The van der Waals surface area contributed by atoms with Crippen LogP contribution in [0.1, 0.15) is 27.7 Å². The molecule has 1 aliphatic rings. The van der Waals surface area contributed by atoms with Crippen molar-refractivity contribution in [3.63, 3.8) is 0 Å². The minimum Gasteiger partial charge on any atom is -0.414 e. The van der Waals surface area contributed by atoms with Crippen LogP contribution in [0, 0.1) is 0 Å². The molecule has 0 unspecified atom stereocenters. The predicted molar refractivity (Wildman–Crippen MR) is 110 cm³/mol. The number of hydrogen-bond donors (Lipinski definition) is 0. The summed E-state index contributed by atoms with van der Waals surface area (Å²) in [7, 11) is -1.85. The number of rotatable bonds is 9. The van der Waals surface area contributed by atoms with Crippen molar-refractivity contribution in [2.45, 2.75) is 64.3 Å². The normalized spacial score (nSPS) is 24.8. The van der Waals surface area contributed by atoms with E-state index in [2.05, 4.69) is 56.4 Å². The van der Waals surface area contributed by atoms with Crippen LogP contribution in [0.25, 0.3) is 0 Å². The summed E-state index contributed by atoms with van der Waals surface area (Å²) in [4.78, 5) is 0. The van der Waals surface area contributed by atoms with Crippen molar-refractivity contribution in [2.24, 2.45) is 0 Å². The van der Waals surface area contributed by atoms with Crippen LogP contribution in [-0.4, -0.2) is 46.6 Å². The van der Waals surface area contributed by atoms with Gasteiger partial charge in [-0.2, -0.15) is 0 Å². The first-order chi connectivity index (χ1) is 11.6. The van der Waals surface area contributed by atoms with Crippen LogP contribution >= 0.6 is 15.9 Å². The minimum atomic E-state index is -1.85. The third-order valence-electron chi connectivity index (χ3n) is 4.57. The molecule has 1 aliphatic heterocycles. The van der Waals surface area contributed by atoms with E-state index in [1.54, 1.807) is 0 Å². The first-order valence-electron chi connectivity index (χ1n) is 8.72. The average molecular weight is 433 g/mol. The molecule has 144 valence electrons. The molecule has 3 atom stereocenters. The summed E-state index contributed by atoms with van der Waals surface area (Å²) in [6.07, 6.45) is 7.04. The fourth-order valence-corrected chi connectivity index (χ4v) is 3.10. The highest BCUT2D eigenvalue weighted by atomic mass is 79.9. The Morgan fingerprint density at radius 2 is 1.96 bits per heavy atom. The average Bonchev–Trinajstić information content (AvgIpc) is 2.51.